The Bertz CT molecular complexity index is 745. The van der Waals surface area contributed by atoms with Gasteiger partial charge in [0.25, 0.3) is 5.91 Å². The molecule has 7 heteroatoms. The molecule has 0 radical (unpaired) electrons. The zero-order valence-electron chi connectivity index (χ0n) is 16.3. The number of carbonyl (C=O) groups is 3. The average Bonchev–Trinajstić information content (AvgIpc) is 2.71. The van der Waals surface area contributed by atoms with Gasteiger partial charge in [0.15, 0.2) is 0 Å². The molecule has 1 fully saturated rings. The molecule has 0 spiro atoms. The van der Waals surface area contributed by atoms with Crippen molar-refractivity contribution in [1.29, 1.82) is 0 Å². The molecule has 2 aliphatic rings. The van der Waals surface area contributed by atoms with E-state index in [1.165, 1.54) is 0 Å². The highest BCUT2D eigenvalue weighted by Crippen LogP contribution is 2.40. The Hall–Kier alpha value is -2.57. The van der Waals surface area contributed by atoms with E-state index >= 15 is 0 Å². The Labute approximate surface area is 160 Å². The number of carbonyl (C=O) groups excluding carboxylic acids is 3. The second kappa shape index (κ2) is 7.98. The van der Waals surface area contributed by atoms with Gasteiger partial charge in [0.1, 0.15) is 12.6 Å². The molecule has 2 aliphatic heterocycles. The van der Waals surface area contributed by atoms with E-state index in [1.54, 1.807) is 22.9 Å². The molecule has 1 N–H and O–H groups in total. The van der Waals surface area contributed by atoms with Gasteiger partial charge in [-0.05, 0) is 51.3 Å². The van der Waals surface area contributed by atoms with Crippen LogP contribution in [0.25, 0.3) is 0 Å². The summed E-state index contributed by atoms with van der Waals surface area (Å²) in [6.45, 7) is 5.93. The van der Waals surface area contributed by atoms with E-state index in [0.29, 0.717) is 24.3 Å². The maximum Gasteiger partial charge on any atom is 0.253 e. The van der Waals surface area contributed by atoms with Crippen molar-refractivity contribution in [2.24, 2.45) is 0 Å². The first-order chi connectivity index (χ1) is 13.0. The van der Waals surface area contributed by atoms with Crippen molar-refractivity contribution in [3.05, 3.63) is 23.8 Å². The topological polar surface area (TPSA) is 73.0 Å². The summed E-state index contributed by atoms with van der Waals surface area (Å²) in [5.41, 5.74) is 2.13. The SMILES string of the molecule is CCN(CC)C(=O)c1ccc2c(c1)N(CC(=O)NC)C(=O)[C@H]1CCCCN21. The predicted molar refractivity (Wildman–Crippen MR) is 105 cm³/mol. The van der Waals surface area contributed by atoms with Crippen LogP contribution in [0, 0.1) is 0 Å². The third kappa shape index (κ3) is 3.50. The number of likely N-dealkylation sites (N-methyl/N-ethyl adjacent to an activating group) is 1. The highest BCUT2D eigenvalue weighted by atomic mass is 16.2. The molecule has 0 unspecified atom stereocenters. The fraction of sp³-hybridized carbons (Fsp3) is 0.550. The molecule has 1 aromatic carbocycles. The smallest absolute Gasteiger partial charge is 0.253 e. The van der Waals surface area contributed by atoms with Crippen LogP contribution in [0.15, 0.2) is 18.2 Å². The second-order valence-electron chi connectivity index (χ2n) is 6.98. The maximum atomic E-state index is 13.1. The normalized spacial score (nSPS) is 18.6. The molecule has 3 rings (SSSR count). The number of hydrogen-bond donors (Lipinski definition) is 1. The molecular weight excluding hydrogens is 344 g/mol. The highest BCUT2D eigenvalue weighted by Gasteiger charge is 2.40. The van der Waals surface area contributed by atoms with Crippen LogP contribution in [0.1, 0.15) is 43.5 Å². The Morgan fingerprint density at radius 2 is 1.93 bits per heavy atom. The summed E-state index contributed by atoms with van der Waals surface area (Å²) in [6.07, 6.45) is 2.84. The van der Waals surface area contributed by atoms with Gasteiger partial charge in [-0.2, -0.15) is 0 Å². The van der Waals surface area contributed by atoms with Gasteiger partial charge < -0.3 is 15.1 Å². The van der Waals surface area contributed by atoms with E-state index in [-0.39, 0.29) is 30.3 Å². The minimum atomic E-state index is -0.223. The van der Waals surface area contributed by atoms with Crippen LogP contribution in [0.4, 0.5) is 11.4 Å². The van der Waals surface area contributed by atoms with Gasteiger partial charge in [-0.15, -0.1) is 0 Å². The standard InChI is InChI=1S/C20H28N4O3/c1-4-22(5-2)19(26)14-9-10-15-17(12-14)24(13-18(25)21-3)20(27)16-8-6-7-11-23(15)16/h9-10,12,16H,4-8,11,13H2,1-3H3,(H,21,25)/t16-/m1/s1. The van der Waals surface area contributed by atoms with Gasteiger partial charge in [-0.1, -0.05) is 0 Å². The lowest BCUT2D eigenvalue weighted by atomic mass is 9.95. The van der Waals surface area contributed by atoms with Gasteiger partial charge in [0.05, 0.1) is 11.4 Å². The summed E-state index contributed by atoms with van der Waals surface area (Å²) in [5.74, 6) is -0.340. The monoisotopic (exact) mass is 372 g/mol. The first kappa shape index (κ1) is 19.2. The average molecular weight is 372 g/mol. The van der Waals surface area contributed by atoms with Gasteiger partial charge in [-0.25, -0.2) is 0 Å². The van der Waals surface area contributed by atoms with Crippen LogP contribution < -0.4 is 15.1 Å². The van der Waals surface area contributed by atoms with E-state index in [9.17, 15) is 14.4 Å². The first-order valence-electron chi connectivity index (χ1n) is 9.73. The Morgan fingerprint density at radius 3 is 2.59 bits per heavy atom. The quantitative estimate of drug-likeness (QED) is 0.852. The van der Waals surface area contributed by atoms with Crippen molar-refractivity contribution in [2.45, 2.75) is 39.2 Å². The van der Waals surface area contributed by atoms with Crippen LogP contribution >= 0.6 is 0 Å². The lowest BCUT2D eigenvalue weighted by Crippen LogP contribution is -2.57. The van der Waals surface area contributed by atoms with Gasteiger partial charge in [0.2, 0.25) is 11.8 Å². The maximum absolute atomic E-state index is 13.1. The largest absolute Gasteiger partial charge is 0.358 e. The number of nitrogens with zero attached hydrogens (tertiary/aromatic N) is 3. The van der Waals surface area contributed by atoms with Gasteiger partial charge in [-0.3, -0.25) is 19.3 Å². The van der Waals surface area contributed by atoms with Crippen molar-refractivity contribution < 1.29 is 14.4 Å². The number of fused-ring (bicyclic) bond motifs is 3. The number of hydrogen-bond acceptors (Lipinski definition) is 4. The fourth-order valence-electron chi connectivity index (χ4n) is 3.97. The van der Waals surface area contributed by atoms with Crippen LogP contribution in [0.2, 0.25) is 0 Å². The zero-order valence-corrected chi connectivity index (χ0v) is 16.3. The van der Waals surface area contributed by atoms with Gasteiger partial charge >= 0.3 is 0 Å². The first-order valence-corrected chi connectivity index (χ1v) is 9.73. The molecule has 7 nitrogen and oxygen atoms in total. The molecule has 0 saturated carbocycles. The third-order valence-electron chi connectivity index (χ3n) is 5.51. The molecule has 3 amide bonds. The van der Waals surface area contributed by atoms with Crippen molar-refractivity contribution in [3.8, 4) is 0 Å². The van der Waals surface area contributed by atoms with Crippen LogP contribution in [-0.4, -0.2) is 61.9 Å². The molecule has 2 heterocycles. The van der Waals surface area contributed by atoms with E-state index in [2.05, 4.69) is 10.2 Å². The minimum absolute atomic E-state index is 0.0322. The number of piperidine rings is 1. The highest BCUT2D eigenvalue weighted by molar-refractivity contribution is 6.09. The summed E-state index contributed by atoms with van der Waals surface area (Å²) in [6, 6.07) is 5.30. The molecule has 0 aliphatic carbocycles. The number of anilines is 2. The molecule has 0 aromatic heterocycles. The predicted octanol–water partition coefficient (Wildman–Crippen LogP) is 1.62. The Balaban J connectivity index is 2.04. The lowest BCUT2D eigenvalue weighted by molar-refractivity contribution is -0.124. The van der Waals surface area contributed by atoms with Crippen molar-refractivity contribution in [3.63, 3.8) is 0 Å². The molecule has 146 valence electrons. The van der Waals surface area contributed by atoms with Crippen molar-refractivity contribution in [2.75, 3.05) is 43.0 Å². The van der Waals surface area contributed by atoms with Crippen LogP contribution in [0.3, 0.4) is 0 Å². The zero-order chi connectivity index (χ0) is 19.6. The third-order valence-corrected chi connectivity index (χ3v) is 5.51. The molecule has 1 atom stereocenters. The minimum Gasteiger partial charge on any atom is -0.358 e. The number of amides is 3. The van der Waals surface area contributed by atoms with Crippen molar-refractivity contribution in [1.82, 2.24) is 10.2 Å². The summed E-state index contributed by atoms with van der Waals surface area (Å²) in [5, 5.41) is 2.59. The summed E-state index contributed by atoms with van der Waals surface area (Å²) < 4.78 is 0. The fourth-order valence-corrected chi connectivity index (χ4v) is 3.97. The van der Waals surface area contributed by atoms with E-state index < -0.39 is 0 Å². The number of benzene rings is 1. The van der Waals surface area contributed by atoms with Gasteiger partial charge in [0, 0.05) is 32.2 Å². The van der Waals surface area contributed by atoms with Crippen molar-refractivity contribution >= 4 is 29.1 Å². The molecule has 0 bridgehead atoms. The Kier molecular flexibility index (Phi) is 5.68. The van der Waals surface area contributed by atoms with Crippen LogP contribution in [0.5, 0.6) is 0 Å². The molecular formula is C20H28N4O3. The number of nitrogens with one attached hydrogen (secondary N) is 1. The van der Waals surface area contributed by atoms with E-state index in [1.807, 2.05) is 26.0 Å². The van der Waals surface area contributed by atoms with Crippen LogP contribution in [-0.2, 0) is 9.59 Å². The number of rotatable bonds is 5. The molecule has 1 saturated heterocycles. The van der Waals surface area contributed by atoms with E-state index in [0.717, 1.165) is 31.5 Å². The molecule has 27 heavy (non-hydrogen) atoms. The van der Waals surface area contributed by atoms with E-state index in [4.69, 9.17) is 0 Å². The summed E-state index contributed by atoms with van der Waals surface area (Å²) in [7, 11) is 1.56. The lowest BCUT2D eigenvalue weighted by Gasteiger charge is -2.45. The summed E-state index contributed by atoms with van der Waals surface area (Å²) in [4.78, 5) is 43.3. The molecule has 1 aromatic rings. The summed E-state index contributed by atoms with van der Waals surface area (Å²) >= 11 is 0. The second-order valence-corrected chi connectivity index (χ2v) is 6.98. The Morgan fingerprint density at radius 1 is 1.19 bits per heavy atom.